The number of hydrogen-bond donors (Lipinski definition) is 1. The Bertz CT molecular complexity index is 416. The number of nitrogens with one attached hydrogen (secondary N) is 1. The molecule has 1 N–H and O–H groups in total. The Morgan fingerprint density at radius 3 is 2.65 bits per heavy atom. The summed E-state index contributed by atoms with van der Waals surface area (Å²) in [5, 5.41) is 7.59. The zero-order valence-corrected chi connectivity index (χ0v) is 13.4. The lowest BCUT2D eigenvalue weighted by Crippen LogP contribution is -2.58. The highest BCUT2D eigenvalue weighted by molar-refractivity contribution is 4.91. The van der Waals surface area contributed by atoms with E-state index < -0.39 is 0 Å². The van der Waals surface area contributed by atoms with Crippen molar-refractivity contribution >= 4 is 0 Å². The molecule has 5 nitrogen and oxygen atoms in total. The fraction of sp³-hybridized carbons (Fsp3) is 0.867. The van der Waals surface area contributed by atoms with Gasteiger partial charge in [0.15, 0.2) is 5.82 Å². The second-order valence-corrected chi connectivity index (χ2v) is 6.71. The quantitative estimate of drug-likeness (QED) is 0.896. The standard InChI is InChI=1S/C15H28N4O/c1-10(2)6-13-8-19(14(7-16-13)11(3)4)9-15-17-12(5)18-20-15/h10-11,13-14,16H,6-9H2,1-5H3. The van der Waals surface area contributed by atoms with Crippen molar-refractivity contribution < 1.29 is 4.52 Å². The zero-order chi connectivity index (χ0) is 14.7. The molecule has 20 heavy (non-hydrogen) atoms. The molecule has 1 aromatic rings. The Morgan fingerprint density at radius 2 is 2.10 bits per heavy atom. The van der Waals surface area contributed by atoms with Crippen LogP contribution in [0.1, 0.15) is 45.8 Å². The minimum absolute atomic E-state index is 0.533. The van der Waals surface area contributed by atoms with Crippen LogP contribution in [-0.4, -0.2) is 40.2 Å². The van der Waals surface area contributed by atoms with Gasteiger partial charge in [0.05, 0.1) is 6.54 Å². The van der Waals surface area contributed by atoms with Crippen LogP contribution in [0, 0.1) is 18.8 Å². The van der Waals surface area contributed by atoms with Crippen LogP contribution in [0.15, 0.2) is 4.52 Å². The first-order valence-electron chi connectivity index (χ1n) is 7.72. The van der Waals surface area contributed by atoms with Crippen LogP contribution < -0.4 is 5.32 Å². The predicted molar refractivity (Wildman–Crippen MR) is 79.3 cm³/mol. The van der Waals surface area contributed by atoms with Gasteiger partial charge in [0.2, 0.25) is 5.89 Å². The summed E-state index contributed by atoms with van der Waals surface area (Å²) in [4.78, 5) is 6.85. The molecule has 0 saturated carbocycles. The first-order valence-corrected chi connectivity index (χ1v) is 7.72. The molecular formula is C15H28N4O. The van der Waals surface area contributed by atoms with E-state index in [1.165, 1.54) is 6.42 Å². The van der Waals surface area contributed by atoms with Crippen molar-refractivity contribution in [1.82, 2.24) is 20.4 Å². The number of aryl methyl sites for hydroxylation is 1. The molecule has 2 atom stereocenters. The Labute approximate surface area is 122 Å². The van der Waals surface area contributed by atoms with Gasteiger partial charge in [0.1, 0.15) is 0 Å². The zero-order valence-electron chi connectivity index (χ0n) is 13.4. The van der Waals surface area contributed by atoms with E-state index in [2.05, 4.69) is 48.1 Å². The minimum Gasteiger partial charge on any atom is -0.338 e. The number of piperazine rings is 1. The van der Waals surface area contributed by atoms with Crippen LogP contribution in [0.3, 0.4) is 0 Å². The van der Waals surface area contributed by atoms with Crippen molar-refractivity contribution in [3.63, 3.8) is 0 Å². The van der Waals surface area contributed by atoms with Gasteiger partial charge in [0.25, 0.3) is 0 Å². The van der Waals surface area contributed by atoms with Gasteiger partial charge in [-0.1, -0.05) is 32.9 Å². The molecule has 0 aliphatic carbocycles. The summed E-state index contributed by atoms with van der Waals surface area (Å²) >= 11 is 0. The molecule has 0 bridgehead atoms. The molecule has 1 aliphatic rings. The van der Waals surface area contributed by atoms with E-state index in [0.29, 0.717) is 18.0 Å². The molecule has 1 fully saturated rings. The van der Waals surface area contributed by atoms with E-state index >= 15 is 0 Å². The lowest BCUT2D eigenvalue weighted by atomic mass is 9.95. The van der Waals surface area contributed by atoms with E-state index in [-0.39, 0.29) is 0 Å². The maximum Gasteiger partial charge on any atom is 0.240 e. The third kappa shape index (κ3) is 4.03. The van der Waals surface area contributed by atoms with Crippen molar-refractivity contribution in [2.75, 3.05) is 13.1 Å². The normalized spacial score (nSPS) is 24.8. The van der Waals surface area contributed by atoms with Crippen LogP contribution in [-0.2, 0) is 6.54 Å². The van der Waals surface area contributed by atoms with Crippen LogP contribution in [0.4, 0.5) is 0 Å². The highest BCUT2D eigenvalue weighted by atomic mass is 16.5. The third-order valence-electron chi connectivity index (χ3n) is 3.97. The summed E-state index contributed by atoms with van der Waals surface area (Å²) in [6.45, 7) is 13.9. The monoisotopic (exact) mass is 280 g/mol. The first-order chi connectivity index (χ1) is 9.45. The molecule has 0 aromatic carbocycles. The summed E-state index contributed by atoms with van der Waals surface area (Å²) in [6.07, 6.45) is 1.21. The fourth-order valence-corrected chi connectivity index (χ4v) is 3.04. The maximum absolute atomic E-state index is 5.29. The first kappa shape index (κ1) is 15.4. The Morgan fingerprint density at radius 1 is 1.35 bits per heavy atom. The Balaban J connectivity index is 2.02. The second-order valence-electron chi connectivity index (χ2n) is 6.71. The van der Waals surface area contributed by atoms with Crippen LogP contribution in [0.5, 0.6) is 0 Å². The molecule has 0 spiro atoms. The summed E-state index contributed by atoms with van der Waals surface area (Å²) in [6, 6.07) is 1.10. The molecule has 5 heteroatoms. The van der Waals surface area contributed by atoms with Gasteiger partial charge >= 0.3 is 0 Å². The molecule has 0 radical (unpaired) electrons. The average Bonchev–Trinajstić information content (AvgIpc) is 2.73. The van der Waals surface area contributed by atoms with E-state index in [9.17, 15) is 0 Å². The molecule has 114 valence electrons. The number of hydrogen-bond acceptors (Lipinski definition) is 5. The van der Waals surface area contributed by atoms with E-state index in [0.717, 1.165) is 37.3 Å². The van der Waals surface area contributed by atoms with Crippen molar-refractivity contribution in [2.45, 2.75) is 59.7 Å². The second kappa shape index (κ2) is 6.68. The van der Waals surface area contributed by atoms with E-state index in [1.807, 2.05) is 6.92 Å². The van der Waals surface area contributed by atoms with Crippen LogP contribution in [0.25, 0.3) is 0 Å². The summed E-state index contributed by atoms with van der Waals surface area (Å²) in [5.41, 5.74) is 0. The van der Waals surface area contributed by atoms with Gasteiger partial charge < -0.3 is 9.84 Å². The smallest absolute Gasteiger partial charge is 0.240 e. The molecule has 2 rings (SSSR count). The van der Waals surface area contributed by atoms with Crippen molar-refractivity contribution in [3.8, 4) is 0 Å². The topological polar surface area (TPSA) is 54.2 Å². The van der Waals surface area contributed by atoms with Crippen molar-refractivity contribution in [1.29, 1.82) is 0 Å². The van der Waals surface area contributed by atoms with Gasteiger partial charge in [-0.05, 0) is 25.2 Å². The molecule has 0 amide bonds. The average molecular weight is 280 g/mol. The lowest BCUT2D eigenvalue weighted by Gasteiger charge is -2.42. The fourth-order valence-electron chi connectivity index (χ4n) is 3.04. The summed E-state index contributed by atoms with van der Waals surface area (Å²) in [5.74, 6) is 2.79. The summed E-state index contributed by atoms with van der Waals surface area (Å²) in [7, 11) is 0. The van der Waals surface area contributed by atoms with Crippen molar-refractivity contribution in [3.05, 3.63) is 11.7 Å². The molecule has 2 unspecified atom stereocenters. The molecule has 2 heterocycles. The lowest BCUT2D eigenvalue weighted by molar-refractivity contribution is 0.0748. The van der Waals surface area contributed by atoms with E-state index in [1.54, 1.807) is 0 Å². The number of aromatic nitrogens is 2. The van der Waals surface area contributed by atoms with E-state index in [4.69, 9.17) is 4.52 Å². The molecule has 1 aliphatic heterocycles. The van der Waals surface area contributed by atoms with Gasteiger partial charge in [-0.3, -0.25) is 4.90 Å². The molecule has 1 aromatic heterocycles. The Kier molecular flexibility index (Phi) is 5.16. The molecule has 1 saturated heterocycles. The predicted octanol–water partition coefficient (Wildman–Crippen LogP) is 2.22. The Hall–Kier alpha value is -0.940. The highest BCUT2D eigenvalue weighted by Crippen LogP contribution is 2.20. The number of nitrogens with zero attached hydrogens (tertiary/aromatic N) is 3. The third-order valence-corrected chi connectivity index (χ3v) is 3.97. The largest absolute Gasteiger partial charge is 0.338 e. The van der Waals surface area contributed by atoms with Crippen LogP contribution in [0.2, 0.25) is 0 Å². The van der Waals surface area contributed by atoms with Crippen molar-refractivity contribution in [2.24, 2.45) is 11.8 Å². The van der Waals surface area contributed by atoms with Gasteiger partial charge in [-0.15, -0.1) is 0 Å². The minimum atomic E-state index is 0.533. The SMILES string of the molecule is Cc1noc(CN2CC(CC(C)C)NCC2C(C)C)n1. The highest BCUT2D eigenvalue weighted by Gasteiger charge is 2.31. The van der Waals surface area contributed by atoms with Gasteiger partial charge in [0, 0.05) is 25.2 Å². The van der Waals surface area contributed by atoms with Gasteiger partial charge in [-0.2, -0.15) is 4.98 Å². The van der Waals surface area contributed by atoms with Crippen LogP contribution >= 0.6 is 0 Å². The maximum atomic E-state index is 5.29. The summed E-state index contributed by atoms with van der Waals surface area (Å²) < 4.78 is 5.29. The van der Waals surface area contributed by atoms with Gasteiger partial charge in [-0.25, -0.2) is 0 Å². The number of rotatable bonds is 5. The molecular weight excluding hydrogens is 252 g/mol.